The summed E-state index contributed by atoms with van der Waals surface area (Å²) in [4.78, 5) is 17.0. The summed E-state index contributed by atoms with van der Waals surface area (Å²) in [5.41, 5.74) is 0.334. The van der Waals surface area contributed by atoms with Gasteiger partial charge in [-0.15, -0.1) is 0 Å². The number of alkyl halides is 3. The van der Waals surface area contributed by atoms with E-state index in [4.69, 9.17) is 0 Å². The van der Waals surface area contributed by atoms with E-state index in [1.165, 1.54) is 10.6 Å². The van der Waals surface area contributed by atoms with E-state index in [0.29, 0.717) is 56.7 Å². The highest BCUT2D eigenvalue weighted by atomic mass is 19.4. The van der Waals surface area contributed by atoms with Gasteiger partial charge in [0.25, 0.3) is 5.91 Å². The molecule has 32 heavy (non-hydrogen) atoms. The molecule has 2 aromatic rings. The number of aliphatic hydroxyl groups is 1. The second kappa shape index (κ2) is 7.92. The predicted molar refractivity (Wildman–Crippen MR) is 117 cm³/mol. The number of halogens is 3. The standard InChI is InChI=1S/C24H30F3N3O2.H2/c1-22(2,32)16-17-4-6-18(7-5-17)21(31)29-12-10-23(11-13-29)19-8-9-20(24(25,26)27)30(19)15-14-28(23)3;/h4-9,32H,10-16H2,1-3H3;1H. The van der Waals surface area contributed by atoms with E-state index in [1.807, 2.05) is 19.2 Å². The highest BCUT2D eigenvalue weighted by Crippen LogP contribution is 2.44. The van der Waals surface area contributed by atoms with E-state index in [0.717, 1.165) is 5.56 Å². The van der Waals surface area contributed by atoms with E-state index >= 15 is 0 Å². The molecule has 0 radical (unpaired) electrons. The van der Waals surface area contributed by atoms with Crippen LogP contribution < -0.4 is 0 Å². The number of hydrogen-bond donors (Lipinski definition) is 1. The van der Waals surface area contributed by atoms with E-state index in [9.17, 15) is 23.1 Å². The zero-order chi connectivity index (χ0) is 23.3. The number of hydrogen-bond acceptors (Lipinski definition) is 3. The molecule has 2 aliphatic rings. The van der Waals surface area contributed by atoms with Gasteiger partial charge in [-0.1, -0.05) is 12.1 Å². The number of nitrogens with zero attached hydrogens (tertiary/aromatic N) is 3. The summed E-state index contributed by atoms with van der Waals surface area (Å²) in [7, 11) is 1.96. The lowest BCUT2D eigenvalue weighted by Gasteiger charge is -2.50. The number of likely N-dealkylation sites (tertiary alicyclic amines) is 1. The number of amides is 1. The highest BCUT2D eigenvalue weighted by Gasteiger charge is 2.47. The largest absolute Gasteiger partial charge is 0.431 e. The molecule has 0 saturated carbocycles. The van der Waals surface area contributed by atoms with Crippen LogP contribution in [0.4, 0.5) is 13.2 Å². The fourth-order valence-corrected chi connectivity index (χ4v) is 5.19. The Morgan fingerprint density at radius 1 is 1.03 bits per heavy atom. The zero-order valence-corrected chi connectivity index (χ0v) is 18.7. The van der Waals surface area contributed by atoms with Crippen LogP contribution in [0.3, 0.4) is 0 Å². The van der Waals surface area contributed by atoms with Crippen LogP contribution in [0.2, 0.25) is 0 Å². The molecule has 3 heterocycles. The molecule has 0 aliphatic carbocycles. The molecule has 0 atom stereocenters. The average molecular weight is 452 g/mol. The maximum absolute atomic E-state index is 13.4. The van der Waals surface area contributed by atoms with Crippen molar-refractivity contribution < 1.29 is 24.5 Å². The lowest BCUT2D eigenvalue weighted by Crippen LogP contribution is -2.56. The second-order valence-corrected chi connectivity index (χ2v) is 9.68. The predicted octanol–water partition coefficient (Wildman–Crippen LogP) is 4.14. The zero-order valence-electron chi connectivity index (χ0n) is 18.7. The molecule has 0 unspecified atom stereocenters. The van der Waals surface area contributed by atoms with E-state index < -0.39 is 23.0 Å². The average Bonchev–Trinajstić information content (AvgIpc) is 3.16. The molecule has 1 fully saturated rings. The van der Waals surface area contributed by atoms with Crippen molar-refractivity contribution in [2.45, 2.75) is 57.0 Å². The Bertz CT molecular complexity index is 988. The van der Waals surface area contributed by atoms with Gasteiger partial charge in [-0.3, -0.25) is 9.69 Å². The van der Waals surface area contributed by atoms with Gasteiger partial charge in [-0.2, -0.15) is 13.2 Å². The number of fused-ring (bicyclic) bond motifs is 2. The quantitative estimate of drug-likeness (QED) is 0.763. The van der Waals surface area contributed by atoms with Crippen LogP contribution in [0.15, 0.2) is 36.4 Å². The number of rotatable bonds is 3. The molecule has 1 amide bonds. The Morgan fingerprint density at radius 3 is 2.22 bits per heavy atom. The normalized spacial score (nSPS) is 19.3. The molecule has 0 bridgehead atoms. The number of carbonyl (C=O) groups is 1. The first kappa shape index (κ1) is 22.9. The topological polar surface area (TPSA) is 48.7 Å². The van der Waals surface area contributed by atoms with Crippen LogP contribution in [0.25, 0.3) is 0 Å². The van der Waals surface area contributed by atoms with E-state index in [2.05, 4.69) is 4.90 Å². The first-order valence-electron chi connectivity index (χ1n) is 11.0. The van der Waals surface area contributed by atoms with Crippen molar-refractivity contribution in [3.05, 3.63) is 58.9 Å². The molecule has 4 rings (SSSR count). The number of aromatic nitrogens is 1. The summed E-state index contributed by atoms with van der Waals surface area (Å²) < 4.78 is 41.7. The summed E-state index contributed by atoms with van der Waals surface area (Å²) in [6.07, 6.45) is -2.69. The third-order valence-electron chi connectivity index (χ3n) is 6.85. The monoisotopic (exact) mass is 451 g/mol. The SMILES string of the molecule is CN1CCn2c(C(F)(F)F)ccc2C12CCN(C(=O)c1ccc(CC(C)(C)O)cc1)CC2.[HH]. The van der Waals surface area contributed by atoms with Crippen molar-refractivity contribution in [2.24, 2.45) is 0 Å². The minimum Gasteiger partial charge on any atom is -0.390 e. The van der Waals surface area contributed by atoms with Crippen molar-refractivity contribution in [3.8, 4) is 0 Å². The number of piperidine rings is 1. The Morgan fingerprint density at radius 2 is 1.66 bits per heavy atom. The smallest absolute Gasteiger partial charge is 0.390 e. The van der Waals surface area contributed by atoms with Crippen molar-refractivity contribution in [1.82, 2.24) is 14.4 Å². The van der Waals surface area contributed by atoms with Crippen LogP contribution in [-0.2, 0) is 24.7 Å². The molecule has 1 N–H and O–H groups in total. The number of likely N-dealkylation sites (N-methyl/N-ethyl adjacent to an activating group) is 1. The van der Waals surface area contributed by atoms with E-state index in [1.54, 1.807) is 36.9 Å². The van der Waals surface area contributed by atoms with Gasteiger partial charge in [-0.25, -0.2) is 0 Å². The van der Waals surface area contributed by atoms with Crippen LogP contribution in [0, 0.1) is 0 Å². The number of carbonyl (C=O) groups excluding carboxylic acids is 1. The van der Waals surface area contributed by atoms with Crippen LogP contribution in [-0.4, -0.2) is 57.7 Å². The molecule has 2 aliphatic heterocycles. The van der Waals surface area contributed by atoms with Crippen molar-refractivity contribution >= 4 is 5.91 Å². The van der Waals surface area contributed by atoms with Crippen LogP contribution >= 0.6 is 0 Å². The van der Waals surface area contributed by atoms with Crippen molar-refractivity contribution in [3.63, 3.8) is 0 Å². The first-order valence-corrected chi connectivity index (χ1v) is 11.0. The van der Waals surface area contributed by atoms with Crippen LogP contribution in [0.1, 0.15) is 55.4 Å². The Kier molecular flexibility index (Phi) is 5.66. The molecular formula is C24H32F3N3O2. The van der Waals surface area contributed by atoms with Gasteiger partial charge >= 0.3 is 6.18 Å². The molecule has 176 valence electrons. The van der Waals surface area contributed by atoms with Gasteiger partial charge in [0.15, 0.2) is 0 Å². The summed E-state index contributed by atoms with van der Waals surface area (Å²) in [6, 6.07) is 10.1. The minimum atomic E-state index is -4.37. The molecule has 5 nitrogen and oxygen atoms in total. The van der Waals surface area contributed by atoms with Gasteiger partial charge in [0.05, 0.1) is 11.1 Å². The molecule has 1 aromatic heterocycles. The van der Waals surface area contributed by atoms with Crippen LogP contribution in [0.5, 0.6) is 0 Å². The minimum absolute atomic E-state index is 0. The lowest BCUT2D eigenvalue weighted by molar-refractivity contribution is -0.144. The first-order chi connectivity index (χ1) is 14.9. The van der Waals surface area contributed by atoms with Gasteiger partial charge in [0.2, 0.25) is 0 Å². The lowest BCUT2D eigenvalue weighted by atomic mass is 9.81. The molecule has 1 spiro atoms. The maximum Gasteiger partial charge on any atom is 0.431 e. The fourth-order valence-electron chi connectivity index (χ4n) is 5.19. The van der Waals surface area contributed by atoms with E-state index in [-0.39, 0.29) is 7.33 Å². The molecular weight excluding hydrogens is 419 g/mol. The maximum atomic E-state index is 13.4. The Balaban J connectivity index is 0.00000306. The Labute approximate surface area is 187 Å². The second-order valence-electron chi connectivity index (χ2n) is 9.68. The molecule has 1 aromatic carbocycles. The van der Waals surface area contributed by atoms with Crippen molar-refractivity contribution in [2.75, 3.05) is 26.7 Å². The van der Waals surface area contributed by atoms with Gasteiger partial charge in [0.1, 0.15) is 5.69 Å². The number of benzene rings is 1. The van der Waals surface area contributed by atoms with Gasteiger partial charge in [-0.05, 0) is 63.6 Å². The summed E-state index contributed by atoms with van der Waals surface area (Å²) in [5.74, 6) is -0.0699. The third kappa shape index (κ3) is 4.18. The summed E-state index contributed by atoms with van der Waals surface area (Å²) >= 11 is 0. The highest BCUT2D eigenvalue weighted by molar-refractivity contribution is 5.94. The molecule has 1 saturated heterocycles. The Hall–Kier alpha value is -2.32. The summed E-state index contributed by atoms with van der Waals surface area (Å²) in [6.45, 7) is 5.32. The third-order valence-corrected chi connectivity index (χ3v) is 6.85. The summed E-state index contributed by atoms with van der Waals surface area (Å²) in [5, 5.41) is 9.97. The molecule has 8 heteroatoms. The van der Waals surface area contributed by atoms with Gasteiger partial charge < -0.3 is 14.6 Å². The van der Waals surface area contributed by atoms with Gasteiger partial charge in [0, 0.05) is 45.3 Å². The fraction of sp³-hybridized carbons (Fsp3) is 0.542. The van der Waals surface area contributed by atoms with Crippen molar-refractivity contribution in [1.29, 1.82) is 0 Å².